The number of halogens is 1. The Morgan fingerprint density at radius 2 is 1.61 bits per heavy atom. The molecule has 0 bridgehead atoms. The average molecular weight is 380 g/mol. The Morgan fingerprint density at radius 1 is 1.00 bits per heavy atom. The quantitative estimate of drug-likeness (QED) is 0.733. The van der Waals surface area contributed by atoms with Crippen molar-refractivity contribution in [1.82, 2.24) is 9.80 Å². The van der Waals surface area contributed by atoms with Crippen LogP contribution in [0.25, 0.3) is 0 Å². The molecule has 146 valence electrons. The van der Waals surface area contributed by atoms with Crippen LogP contribution in [0.3, 0.4) is 0 Å². The maximum Gasteiger partial charge on any atom is 0.237 e. The van der Waals surface area contributed by atoms with Gasteiger partial charge in [-0.1, -0.05) is 55.3 Å². The molecule has 2 aromatic rings. The van der Waals surface area contributed by atoms with Crippen molar-refractivity contribution in [2.45, 2.75) is 38.1 Å². The lowest BCUT2D eigenvalue weighted by molar-refractivity contribution is -0.143. The molecule has 5 heteroatoms. The van der Waals surface area contributed by atoms with E-state index in [2.05, 4.69) is 0 Å². The zero-order chi connectivity index (χ0) is 19.7. The molecule has 28 heavy (non-hydrogen) atoms. The predicted molar refractivity (Wildman–Crippen MR) is 105 cm³/mol. The second-order valence-electron chi connectivity index (χ2n) is 8.05. The van der Waals surface area contributed by atoms with E-state index in [1.807, 2.05) is 42.3 Å². The molecule has 4 rings (SSSR count). The molecule has 4 nitrogen and oxygen atoms in total. The average Bonchev–Trinajstić information content (AvgIpc) is 3.25. The van der Waals surface area contributed by atoms with Crippen molar-refractivity contribution in [2.75, 3.05) is 13.7 Å². The molecule has 2 aromatic carbocycles. The summed E-state index contributed by atoms with van der Waals surface area (Å²) >= 11 is 0. The maximum absolute atomic E-state index is 13.4. The summed E-state index contributed by atoms with van der Waals surface area (Å²) < 4.78 is 13.4. The second kappa shape index (κ2) is 7.47. The number of carbonyl (C=O) groups is 2. The molecule has 0 N–H and O–H groups in total. The Hall–Kier alpha value is -2.53. The van der Waals surface area contributed by atoms with Crippen molar-refractivity contribution in [3.05, 3.63) is 71.5 Å². The normalized spacial score (nSPS) is 19.8. The summed E-state index contributed by atoms with van der Waals surface area (Å²) in [7, 11) is 1.90. The zero-order valence-electron chi connectivity index (χ0n) is 16.1. The topological polar surface area (TPSA) is 40.6 Å². The molecule has 1 heterocycles. The zero-order valence-corrected chi connectivity index (χ0v) is 16.1. The van der Waals surface area contributed by atoms with Crippen LogP contribution in [0.1, 0.15) is 49.3 Å². The number of amides is 2. The van der Waals surface area contributed by atoms with Gasteiger partial charge in [-0.05, 0) is 43.1 Å². The van der Waals surface area contributed by atoms with Crippen LogP contribution in [-0.4, -0.2) is 35.3 Å². The standard InChI is InChI=1S/C23H25FN2O2/c1-25(16-26-20(27)15-23(22(26)28)13-5-6-14-23)21(17-7-3-2-4-8-17)18-9-11-19(24)12-10-18/h2-4,7-12,21H,5-6,13-16H2,1H3/t21-/m0/s1. The van der Waals surface area contributed by atoms with Gasteiger partial charge in [0.05, 0.1) is 18.1 Å². The number of likely N-dealkylation sites (tertiary alicyclic amines) is 1. The molecule has 2 aliphatic rings. The third-order valence-corrected chi connectivity index (χ3v) is 6.16. The summed E-state index contributed by atoms with van der Waals surface area (Å²) in [6, 6.07) is 16.1. The van der Waals surface area contributed by atoms with Crippen molar-refractivity contribution in [3.8, 4) is 0 Å². The van der Waals surface area contributed by atoms with Gasteiger partial charge in [0.15, 0.2) is 0 Å². The number of benzene rings is 2. The molecule has 2 fully saturated rings. The summed E-state index contributed by atoms with van der Waals surface area (Å²) in [5, 5.41) is 0. The Bertz CT molecular complexity index is 860. The van der Waals surface area contributed by atoms with Crippen molar-refractivity contribution in [2.24, 2.45) is 5.41 Å². The summed E-state index contributed by atoms with van der Waals surface area (Å²) in [4.78, 5) is 29.1. The highest BCUT2D eigenvalue weighted by atomic mass is 19.1. The predicted octanol–water partition coefficient (Wildman–Crippen LogP) is 4.12. The van der Waals surface area contributed by atoms with E-state index in [1.165, 1.54) is 17.0 Å². The molecule has 0 aromatic heterocycles. The molecule has 1 aliphatic heterocycles. The lowest BCUT2D eigenvalue weighted by Crippen LogP contribution is -2.43. The summed E-state index contributed by atoms with van der Waals surface area (Å²) in [5.74, 6) is -0.385. The highest BCUT2D eigenvalue weighted by Crippen LogP contribution is 2.47. The van der Waals surface area contributed by atoms with Gasteiger partial charge in [0, 0.05) is 6.42 Å². The highest BCUT2D eigenvalue weighted by molar-refractivity contribution is 6.06. The van der Waals surface area contributed by atoms with Gasteiger partial charge in [-0.2, -0.15) is 0 Å². The molecular formula is C23H25FN2O2. The number of imide groups is 1. The van der Waals surface area contributed by atoms with Crippen LogP contribution in [0, 0.1) is 11.2 Å². The van der Waals surface area contributed by atoms with Gasteiger partial charge in [0.1, 0.15) is 5.82 Å². The number of nitrogens with zero attached hydrogens (tertiary/aromatic N) is 2. The molecule has 2 amide bonds. The van der Waals surface area contributed by atoms with E-state index >= 15 is 0 Å². The van der Waals surface area contributed by atoms with Gasteiger partial charge in [0.25, 0.3) is 0 Å². The summed E-state index contributed by atoms with van der Waals surface area (Å²) in [6.07, 6.45) is 4.01. The van der Waals surface area contributed by atoms with Gasteiger partial charge in [-0.3, -0.25) is 19.4 Å². The fraction of sp³-hybridized carbons (Fsp3) is 0.391. The molecule has 1 aliphatic carbocycles. The van der Waals surface area contributed by atoms with Crippen molar-refractivity contribution in [3.63, 3.8) is 0 Å². The third-order valence-electron chi connectivity index (χ3n) is 6.16. The summed E-state index contributed by atoms with van der Waals surface area (Å²) in [5.41, 5.74) is 1.49. The van der Waals surface area contributed by atoms with E-state index in [9.17, 15) is 14.0 Å². The number of carbonyl (C=O) groups excluding carboxylic acids is 2. The molecular weight excluding hydrogens is 355 g/mol. The number of hydrogen-bond donors (Lipinski definition) is 0. The van der Waals surface area contributed by atoms with Crippen molar-refractivity contribution < 1.29 is 14.0 Å². The number of rotatable bonds is 5. The van der Waals surface area contributed by atoms with Crippen LogP contribution in [0.15, 0.2) is 54.6 Å². The maximum atomic E-state index is 13.4. The van der Waals surface area contributed by atoms with E-state index < -0.39 is 5.41 Å². The van der Waals surface area contributed by atoms with Crippen LogP contribution < -0.4 is 0 Å². The third kappa shape index (κ3) is 3.35. The van der Waals surface area contributed by atoms with E-state index in [-0.39, 0.29) is 30.3 Å². The minimum Gasteiger partial charge on any atom is -0.277 e. The van der Waals surface area contributed by atoms with Gasteiger partial charge in [-0.25, -0.2) is 4.39 Å². The van der Waals surface area contributed by atoms with Gasteiger partial charge < -0.3 is 0 Å². The van der Waals surface area contributed by atoms with Crippen LogP contribution in [0.5, 0.6) is 0 Å². The second-order valence-corrected chi connectivity index (χ2v) is 8.05. The molecule has 0 radical (unpaired) electrons. The molecule has 1 saturated carbocycles. The largest absolute Gasteiger partial charge is 0.277 e. The first kappa shape index (κ1) is 18.8. The lowest BCUT2D eigenvalue weighted by atomic mass is 9.85. The van der Waals surface area contributed by atoms with E-state index in [1.54, 1.807) is 12.1 Å². The smallest absolute Gasteiger partial charge is 0.237 e. The molecule has 1 saturated heterocycles. The van der Waals surface area contributed by atoms with Gasteiger partial charge in [-0.15, -0.1) is 0 Å². The monoisotopic (exact) mass is 380 g/mol. The van der Waals surface area contributed by atoms with Crippen LogP contribution >= 0.6 is 0 Å². The van der Waals surface area contributed by atoms with Gasteiger partial charge >= 0.3 is 0 Å². The van der Waals surface area contributed by atoms with E-state index in [0.29, 0.717) is 6.42 Å². The minimum atomic E-state index is -0.462. The Morgan fingerprint density at radius 3 is 2.25 bits per heavy atom. The van der Waals surface area contributed by atoms with Crippen molar-refractivity contribution >= 4 is 11.8 Å². The van der Waals surface area contributed by atoms with Crippen LogP contribution in [-0.2, 0) is 9.59 Å². The molecule has 0 unspecified atom stereocenters. The van der Waals surface area contributed by atoms with E-state index in [0.717, 1.165) is 36.8 Å². The van der Waals surface area contributed by atoms with E-state index in [4.69, 9.17) is 0 Å². The Kier molecular flexibility index (Phi) is 5.02. The first-order valence-corrected chi connectivity index (χ1v) is 9.86. The van der Waals surface area contributed by atoms with Crippen molar-refractivity contribution in [1.29, 1.82) is 0 Å². The van der Waals surface area contributed by atoms with Crippen LogP contribution in [0.2, 0.25) is 0 Å². The lowest BCUT2D eigenvalue weighted by Gasteiger charge is -2.32. The van der Waals surface area contributed by atoms with Crippen LogP contribution in [0.4, 0.5) is 4.39 Å². The highest BCUT2D eigenvalue weighted by Gasteiger charge is 2.52. The number of hydrogen-bond acceptors (Lipinski definition) is 3. The fourth-order valence-corrected chi connectivity index (χ4v) is 4.73. The molecule has 1 atom stereocenters. The Balaban J connectivity index is 1.61. The SMILES string of the molecule is CN(CN1C(=O)CC2(CCCC2)C1=O)[C@@H](c1ccccc1)c1ccc(F)cc1. The Labute approximate surface area is 164 Å². The fourth-order valence-electron chi connectivity index (χ4n) is 4.73. The van der Waals surface area contributed by atoms with Gasteiger partial charge in [0.2, 0.25) is 11.8 Å². The first-order valence-electron chi connectivity index (χ1n) is 9.86. The minimum absolute atomic E-state index is 0.0206. The molecule has 1 spiro atoms. The summed E-state index contributed by atoms with van der Waals surface area (Å²) in [6.45, 7) is 0.232. The first-order chi connectivity index (χ1) is 13.5.